The summed E-state index contributed by atoms with van der Waals surface area (Å²) in [4.78, 5) is 24.7. The lowest BCUT2D eigenvalue weighted by molar-refractivity contribution is 0.0924. The minimum Gasteiger partial charge on any atom is -0.497 e. The molecule has 12 heteroatoms. The van der Waals surface area contributed by atoms with E-state index in [0.29, 0.717) is 29.9 Å². The Hall–Kier alpha value is -2.32. The van der Waals surface area contributed by atoms with Crippen LogP contribution < -0.4 is 9.47 Å². The third-order valence-corrected chi connectivity index (χ3v) is 8.76. The second-order valence-electron chi connectivity index (χ2n) is 9.04. The highest BCUT2D eigenvalue weighted by Crippen LogP contribution is 2.53. The van der Waals surface area contributed by atoms with Crippen LogP contribution in [-0.4, -0.2) is 50.7 Å². The van der Waals surface area contributed by atoms with Gasteiger partial charge in [-0.05, 0) is 89.1 Å². The Bertz CT molecular complexity index is 1120. The van der Waals surface area contributed by atoms with Crippen molar-refractivity contribution in [3.05, 3.63) is 59.7 Å². The van der Waals surface area contributed by atoms with Gasteiger partial charge in [-0.15, -0.1) is 0 Å². The molecule has 0 fully saturated rings. The Morgan fingerprint density at radius 3 is 1.23 bits per heavy atom. The average molecular weight is 601 g/mol. The summed E-state index contributed by atoms with van der Waals surface area (Å²) in [6.07, 6.45) is 0.577. The molecule has 0 heterocycles. The summed E-state index contributed by atoms with van der Waals surface area (Å²) in [7, 11) is -4.55. The van der Waals surface area contributed by atoms with Gasteiger partial charge >= 0.3 is 15.2 Å². The van der Waals surface area contributed by atoms with Gasteiger partial charge in [0.15, 0.2) is 0 Å². The first-order chi connectivity index (χ1) is 18.8. The fourth-order valence-corrected chi connectivity index (χ4v) is 6.47. The van der Waals surface area contributed by atoms with Gasteiger partial charge in [0.05, 0.1) is 39.6 Å². The molecule has 0 N–H and O–H groups in total. The molecule has 2 rings (SSSR count). The molecule has 0 atom stereocenters. The van der Waals surface area contributed by atoms with E-state index in [4.69, 9.17) is 27.6 Å². The van der Waals surface area contributed by atoms with E-state index >= 15 is 0 Å². The number of hydrogen-bond acceptors (Lipinski definition) is 10. The molecule has 0 bridgehead atoms. The van der Waals surface area contributed by atoms with Crippen molar-refractivity contribution in [1.82, 2.24) is 0 Å². The molecule has 0 spiro atoms. The second kappa shape index (κ2) is 17.5. The van der Waals surface area contributed by atoms with Gasteiger partial charge in [0, 0.05) is 11.1 Å². The topological polar surface area (TPSA) is 124 Å². The van der Waals surface area contributed by atoms with Crippen LogP contribution in [0.25, 0.3) is 0 Å². The van der Waals surface area contributed by atoms with Crippen molar-refractivity contribution in [2.45, 2.75) is 66.6 Å². The quantitative estimate of drug-likeness (QED) is 0.177. The number of hydrogen-bond donors (Lipinski definition) is 0. The highest BCUT2D eigenvalue weighted by molar-refractivity contribution is 7.73. The van der Waals surface area contributed by atoms with Crippen LogP contribution in [0.3, 0.4) is 0 Å². The van der Waals surface area contributed by atoms with Crippen molar-refractivity contribution < 1.29 is 46.3 Å². The number of rotatable bonds is 16. The van der Waals surface area contributed by atoms with Gasteiger partial charge < -0.3 is 27.6 Å². The maximum Gasteiger partial charge on any atom is 0.402 e. The fourth-order valence-electron chi connectivity index (χ4n) is 3.04. The Labute approximate surface area is 237 Å². The number of methoxy groups -OCH3 is 2. The van der Waals surface area contributed by atoms with Gasteiger partial charge in [-0.25, -0.2) is 0 Å². The molecule has 0 aromatic heterocycles. The first kappa shape index (κ1) is 35.7. The number of ether oxygens (including phenoxy) is 2. The molecular weight excluding hydrogens is 558 g/mol. The largest absolute Gasteiger partial charge is 0.497 e. The molecule has 0 amide bonds. The van der Waals surface area contributed by atoms with Crippen LogP contribution in [0.1, 0.15) is 75.1 Å². The molecule has 0 radical (unpaired) electrons. The van der Waals surface area contributed by atoms with E-state index in [-0.39, 0.29) is 31.0 Å². The van der Waals surface area contributed by atoms with Crippen molar-refractivity contribution in [3.63, 3.8) is 0 Å². The summed E-state index contributed by atoms with van der Waals surface area (Å²) in [5.41, 5.74) is -0.679. The van der Waals surface area contributed by atoms with Crippen LogP contribution in [-0.2, 0) is 27.2 Å². The standard InChI is InChI=1S/2C14H21O5P/c1-10(2)18-20(16,19-11(3)4)14(15)12-6-8-13(17-5)9-7-12;1-4-10-18-20(16,19-11-5-2)14(15)12-6-8-13(17-3)9-7-12/h6-11H,1-5H3;6-9H,4-5,10-11H2,1-3H3. The lowest BCUT2D eigenvalue weighted by atomic mass is 10.2. The molecule has 10 nitrogen and oxygen atoms in total. The molecule has 0 unspecified atom stereocenters. The van der Waals surface area contributed by atoms with Crippen molar-refractivity contribution in [1.29, 1.82) is 0 Å². The first-order valence-corrected chi connectivity index (χ1v) is 16.2. The predicted molar refractivity (Wildman–Crippen MR) is 155 cm³/mol. The van der Waals surface area contributed by atoms with Crippen LogP contribution in [0.4, 0.5) is 0 Å². The van der Waals surface area contributed by atoms with Crippen LogP contribution in [0.5, 0.6) is 11.5 Å². The highest BCUT2D eigenvalue weighted by atomic mass is 31.2. The molecule has 0 aliphatic rings. The van der Waals surface area contributed by atoms with Gasteiger partial charge in [-0.2, -0.15) is 0 Å². The average Bonchev–Trinajstić information content (AvgIpc) is 2.93. The van der Waals surface area contributed by atoms with E-state index in [1.807, 2.05) is 13.8 Å². The Morgan fingerprint density at radius 1 is 0.625 bits per heavy atom. The molecule has 0 aliphatic carbocycles. The fraction of sp³-hybridized carbons (Fsp3) is 0.500. The Balaban J connectivity index is 0.000000400. The summed E-state index contributed by atoms with van der Waals surface area (Å²) in [5, 5.41) is 0. The maximum atomic E-state index is 12.7. The summed E-state index contributed by atoms with van der Waals surface area (Å²) in [6, 6.07) is 12.7. The zero-order valence-corrected chi connectivity index (χ0v) is 26.4. The van der Waals surface area contributed by atoms with E-state index in [1.54, 1.807) is 76.2 Å². The molecule has 2 aromatic carbocycles. The van der Waals surface area contributed by atoms with Gasteiger partial charge in [-0.1, -0.05) is 13.8 Å². The van der Waals surface area contributed by atoms with Crippen molar-refractivity contribution in [2.24, 2.45) is 0 Å². The lowest BCUT2D eigenvalue weighted by Gasteiger charge is -2.21. The minimum absolute atomic E-state index is 0.225. The number of carbonyl (C=O) groups is 2. The molecular formula is C28H42O10P2. The van der Waals surface area contributed by atoms with E-state index in [9.17, 15) is 18.7 Å². The molecule has 224 valence electrons. The Kier molecular flexibility index (Phi) is 15.6. The zero-order valence-electron chi connectivity index (χ0n) is 24.6. The predicted octanol–water partition coefficient (Wildman–Crippen LogP) is 7.76. The highest BCUT2D eigenvalue weighted by Gasteiger charge is 2.38. The molecule has 0 saturated heterocycles. The molecule has 0 saturated carbocycles. The second-order valence-corrected chi connectivity index (χ2v) is 12.8. The van der Waals surface area contributed by atoms with Crippen molar-refractivity contribution in [3.8, 4) is 11.5 Å². The third kappa shape index (κ3) is 11.3. The van der Waals surface area contributed by atoms with Crippen LogP contribution >= 0.6 is 15.2 Å². The van der Waals surface area contributed by atoms with E-state index < -0.39 is 26.2 Å². The maximum absolute atomic E-state index is 12.7. The summed E-state index contributed by atoms with van der Waals surface area (Å²) >= 11 is 0. The van der Waals surface area contributed by atoms with Crippen molar-refractivity contribution in [2.75, 3.05) is 27.4 Å². The molecule has 40 heavy (non-hydrogen) atoms. The van der Waals surface area contributed by atoms with Gasteiger partial charge in [0.1, 0.15) is 11.5 Å². The van der Waals surface area contributed by atoms with Crippen LogP contribution in [0.15, 0.2) is 48.5 Å². The molecule has 0 aliphatic heterocycles. The smallest absolute Gasteiger partial charge is 0.402 e. The number of carbonyl (C=O) groups excluding carboxylic acids is 2. The van der Waals surface area contributed by atoms with Gasteiger partial charge in [0.25, 0.3) is 11.0 Å². The van der Waals surface area contributed by atoms with E-state index in [0.717, 1.165) is 0 Å². The number of benzene rings is 2. The summed E-state index contributed by atoms with van der Waals surface area (Å²) < 4.78 is 56.2. The van der Waals surface area contributed by atoms with Crippen LogP contribution in [0.2, 0.25) is 0 Å². The van der Waals surface area contributed by atoms with Gasteiger partial charge in [-0.3, -0.25) is 18.7 Å². The first-order valence-electron chi connectivity index (χ1n) is 13.1. The van der Waals surface area contributed by atoms with Gasteiger partial charge in [0.2, 0.25) is 0 Å². The third-order valence-electron chi connectivity index (χ3n) is 4.80. The summed E-state index contributed by atoms with van der Waals surface area (Å²) in [6.45, 7) is 11.0. The normalized spacial score (nSPS) is 11.7. The summed E-state index contributed by atoms with van der Waals surface area (Å²) in [5.74, 6) is 1.24. The van der Waals surface area contributed by atoms with E-state index in [1.165, 1.54) is 14.2 Å². The monoisotopic (exact) mass is 600 g/mol. The Morgan fingerprint density at radius 2 is 0.950 bits per heavy atom. The SMILES string of the molecule is CCCOP(=O)(OCCC)C(=O)c1ccc(OC)cc1.COc1ccc(C(=O)P(=O)(OC(C)C)OC(C)C)cc1. The van der Waals surface area contributed by atoms with Crippen LogP contribution in [0, 0.1) is 0 Å². The zero-order chi connectivity index (χ0) is 30.3. The molecule has 2 aromatic rings. The lowest BCUT2D eigenvalue weighted by Crippen LogP contribution is -2.14. The van der Waals surface area contributed by atoms with E-state index in [2.05, 4.69) is 0 Å². The van der Waals surface area contributed by atoms with Crippen molar-refractivity contribution >= 4 is 26.2 Å². The minimum atomic E-state index is -3.85.